The number of fused-ring (bicyclic) bond motifs is 8. The van der Waals surface area contributed by atoms with Crippen LogP contribution in [0.25, 0.3) is 0 Å². The molecule has 2 fully saturated rings. The van der Waals surface area contributed by atoms with Crippen LogP contribution >= 0.6 is 0 Å². The number of primary amides is 1. The number of amides is 13. The van der Waals surface area contributed by atoms with Gasteiger partial charge in [0.15, 0.2) is 0 Å². The molecule has 0 spiro atoms. The molecule has 6 aliphatic rings. The van der Waals surface area contributed by atoms with E-state index in [2.05, 4.69) is 89.3 Å². The number of hydrogen-bond acceptors (Lipinski definition) is 28. The standard InChI is InChI=1S/C107H155N15O26S/c1-72(2)95(100(133)117-84(24-16-46-114-103(108)136)97(130)118-85(70-123)99(132)115-78-33-29-74-31-35-88-104(3,80(74)67-78)41-17-43-106(88,5)101(134)120-102(135)107(6)44-18-42-105(4)81-68-79(124)34-30-75(81)32-36-89(105)107)119-98(131)83(116-92(127)40-51-141-55-59-145-63-65-147-61-57-143-53-48-112-90(125)37-38-94(129)122-69-77-21-11-10-19-73(77)27-28-76-20-12-13-25-86(76)122)23-14-15-45-111-93(128)71-148-87-26-9-7-8-22-82(96(87)121-109)110-47-52-142-56-60-146-64-62-144-58-54-140-50-39-91(126)113-49-66-149(137,138)139/h10-13,19-21,25,29-30,33-34,67-68,72,83-85,87-89,95,109-110,123-124H,7-9,14-18,22-24,26,31-32,35-66,69-71H2,1-6H3,(H,111,128)(H,112,125)(H,113,126)(H,115,132)(H,116,127)(H,117,133)(H,118,130)(H,119,131)(H3,108,114,136)(H,120,134,135)(H,137,138,139)/b96-82-,121-109?/t83-,84+,85+,87?,88-,89-,95+,104-,105-,106+,107+/m1/s1. The van der Waals surface area contributed by atoms with Crippen LogP contribution < -0.4 is 69.1 Å². The van der Waals surface area contributed by atoms with Crippen molar-refractivity contribution in [2.75, 3.05) is 168 Å². The molecule has 1 aliphatic heterocycles. The van der Waals surface area contributed by atoms with E-state index in [9.17, 15) is 71.4 Å². The highest BCUT2D eigenvalue weighted by molar-refractivity contribution is 7.85. The van der Waals surface area contributed by atoms with Gasteiger partial charge in [-0.3, -0.25) is 62.6 Å². The van der Waals surface area contributed by atoms with Gasteiger partial charge in [0.25, 0.3) is 10.1 Å². The summed E-state index contributed by atoms with van der Waals surface area (Å²) in [7, 11) is -4.17. The molecule has 820 valence electrons. The highest BCUT2D eigenvalue weighted by atomic mass is 32.2. The number of ether oxygens (including phenoxy) is 9. The molecule has 42 heteroatoms. The van der Waals surface area contributed by atoms with Crippen LogP contribution in [-0.4, -0.2) is 282 Å². The summed E-state index contributed by atoms with van der Waals surface area (Å²) in [4.78, 5) is 167. The monoisotopic (exact) mass is 2100 g/mol. The second-order valence-electron chi connectivity index (χ2n) is 40.1. The minimum absolute atomic E-state index is 0.000792. The third kappa shape index (κ3) is 36.7. The molecule has 17 N–H and O–H groups in total. The number of nitrogens with one attached hydrogen (secondary N) is 12. The van der Waals surface area contributed by atoms with Crippen molar-refractivity contribution in [1.29, 1.82) is 5.53 Å². The molecule has 2 saturated carbocycles. The van der Waals surface area contributed by atoms with E-state index in [1.54, 1.807) is 30.9 Å². The third-order valence-corrected chi connectivity index (χ3v) is 29.8. The molecule has 41 nitrogen and oxygen atoms in total. The van der Waals surface area contributed by atoms with Crippen LogP contribution in [0.1, 0.15) is 222 Å². The third-order valence-electron chi connectivity index (χ3n) is 29.1. The molecule has 13 amide bonds. The fourth-order valence-corrected chi connectivity index (χ4v) is 21.5. The maximum absolute atomic E-state index is 15.0. The summed E-state index contributed by atoms with van der Waals surface area (Å²) >= 11 is 0. The lowest BCUT2D eigenvalue weighted by Gasteiger charge is -2.56. The molecule has 11 atom stereocenters. The average molecular weight is 2100 g/mol. The van der Waals surface area contributed by atoms with Crippen LogP contribution in [0.2, 0.25) is 0 Å². The first kappa shape index (κ1) is 119. The number of nitrogens with zero attached hydrogens (tertiary/aromatic N) is 2. The number of unbranched alkanes of at least 4 members (excludes halogenated alkanes) is 1. The Morgan fingerprint density at radius 3 is 1.64 bits per heavy atom. The summed E-state index contributed by atoms with van der Waals surface area (Å²) in [5.41, 5.74) is 19.6. The van der Waals surface area contributed by atoms with Crippen LogP contribution in [0.4, 0.5) is 16.2 Å². The minimum Gasteiger partial charge on any atom is -0.508 e. The van der Waals surface area contributed by atoms with Crippen molar-refractivity contribution in [1.82, 2.24) is 53.2 Å². The lowest BCUT2D eigenvalue weighted by atomic mass is 9.49. The summed E-state index contributed by atoms with van der Waals surface area (Å²) < 4.78 is 81.5. The van der Waals surface area contributed by atoms with Gasteiger partial charge in [0, 0.05) is 80.9 Å². The van der Waals surface area contributed by atoms with Gasteiger partial charge < -0.3 is 117 Å². The maximum atomic E-state index is 15.0. The number of allylic oxidation sites excluding steroid dienone is 1. The Bertz CT molecular complexity index is 5390. The Balaban J connectivity index is 0.687. The molecule has 5 aliphatic carbocycles. The Morgan fingerprint density at radius 2 is 1.03 bits per heavy atom. The molecule has 0 saturated heterocycles. The second-order valence-corrected chi connectivity index (χ2v) is 41.6. The van der Waals surface area contributed by atoms with Gasteiger partial charge in [0.2, 0.25) is 65.0 Å². The van der Waals surface area contributed by atoms with Crippen molar-refractivity contribution in [2.24, 2.45) is 39.4 Å². The first-order valence-corrected chi connectivity index (χ1v) is 54.0. The predicted molar refractivity (Wildman–Crippen MR) is 552 cm³/mol. The van der Waals surface area contributed by atoms with E-state index in [1.165, 1.54) is 5.56 Å². The fraction of sp³-hybridized carbons (Fsp3) is 0.626. The van der Waals surface area contributed by atoms with Gasteiger partial charge >= 0.3 is 6.03 Å². The average Bonchev–Trinajstić information content (AvgIpc) is 0.717. The number of benzene rings is 4. The first-order chi connectivity index (χ1) is 71.6. The molecule has 1 unspecified atom stereocenters. The number of nitrogens with two attached hydrogens (primary N) is 1. The summed E-state index contributed by atoms with van der Waals surface area (Å²) in [6, 6.07) is 19.7. The number of para-hydroxylation sites is 1. The molecule has 4 aromatic carbocycles. The minimum atomic E-state index is -4.17. The molecular weight excluding hydrogens is 1940 g/mol. The molecule has 4 aromatic rings. The summed E-state index contributed by atoms with van der Waals surface area (Å²) in [5.74, 6) is -0.741. The number of phenols is 1. The maximum Gasteiger partial charge on any atom is 0.312 e. The number of carbonyl (C=O) groups excluding carboxylic acids is 12. The van der Waals surface area contributed by atoms with Crippen molar-refractivity contribution in [2.45, 2.75) is 243 Å². The second kappa shape index (κ2) is 60.5. The van der Waals surface area contributed by atoms with Gasteiger partial charge in [-0.05, 0) is 202 Å². The van der Waals surface area contributed by atoms with E-state index >= 15 is 4.79 Å². The van der Waals surface area contributed by atoms with E-state index in [0.717, 1.165) is 78.3 Å². The number of rotatable bonds is 63. The highest BCUT2D eigenvalue weighted by Crippen LogP contribution is 2.60. The number of aryl methyl sites for hydroxylation is 2. The van der Waals surface area contributed by atoms with Gasteiger partial charge in [0.05, 0.1) is 141 Å². The molecule has 0 aromatic heterocycles. The highest BCUT2D eigenvalue weighted by Gasteiger charge is 2.59. The number of phenolic OH excluding ortho intramolecular Hbond substituents is 1. The quantitative estimate of drug-likeness (QED) is 0.00698. The van der Waals surface area contributed by atoms with Crippen LogP contribution in [-0.2, 0) is 136 Å². The number of hydrogen-bond donors (Lipinski definition) is 16. The van der Waals surface area contributed by atoms with Crippen LogP contribution in [0.5, 0.6) is 5.75 Å². The lowest BCUT2D eigenvalue weighted by Crippen LogP contribution is -2.60. The van der Waals surface area contributed by atoms with E-state index in [1.807, 2.05) is 86.6 Å². The normalized spacial score (nSPS) is 21.0. The fourth-order valence-electron chi connectivity index (χ4n) is 21.1. The van der Waals surface area contributed by atoms with Gasteiger partial charge in [0.1, 0.15) is 48.3 Å². The molecule has 1 heterocycles. The number of aromatic hydroxyl groups is 1. The Kier molecular flexibility index (Phi) is 48.5. The molecule has 149 heavy (non-hydrogen) atoms. The zero-order valence-corrected chi connectivity index (χ0v) is 87.8. The Hall–Kier alpha value is -11.5. The first-order valence-electron chi connectivity index (χ1n) is 52.4. The summed E-state index contributed by atoms with van der Waals surface area (Å²) in [6.07, 6.45) is 10.2. The van der Waals surface area contributed by atoms with Gasteiger partial charge in [-0.1, -0.05) is 122 Å². The van der Waals surface area contributed by atoms with Crippen molar-refractivity contribution in [3.63, 3.8) is 0 Å². The lowest BCUT2D eigenvalue weighted by molar-refractivity contribution is -0.150. The van der Waals surface area contributed by atoms with Gasteiger partial charge in [-0.2, -0.15) is 13.5 Å². The number of urea groups is 1. The van der Waals surface area contributed by atoms with Crippen molar-refractivity contribution >= 4 is 92.5 Å². The summed E-state index contributed by atoms with van der Waals surface area (Å²) in [6.45, 7) is 14.6. The number of carbonyl (C=O) groups is 12. The van der Waals surface area contributed by atoms with E-state index in [0.29, 0.717) is 127 Å². The van der Waals surface area contributed by atoms with Crippen LogP contribution in [0, 0.1) is 46.0 Å². The zero-order chi connectivity index (χ0) is 107. The van der Waals surface area contributed by atoms with Gasteiger partial charge in [-0.25, -0.2) is 10.3 Å². The number of anilines is 2. The molecule has 0 radical (unpaired) electrons. The largest absolute Gasteiger partial charge is 0.508 e. The van der Waals surface area contributed by atoms with Crippen molar-refractivity contribution in [3.05, 3.63) is 135 Å². The van der Waals surface area contributed by atoms with E-state index in [4.69, 9.17) is 58.4 Å². The summed E-state index contributed by atoms with van der Waals surface area (Å²) in [5, 5.41) is 56.0. The van der Waals surface area contributed by atoms with E-state index < -0.39 is 122 Å². The predicted octanol–water partition coefficient (Wildman–Crippen LogP) is 6.96. The molecule has 10 rings (SSSR count). The van der Waals surface area contributed by atoms with E-state index in [-0.39, 0.29) is 203 Å². The van der Waals surface area contributed by atoms with Crippen molar-refractivity contribution < 1.29 is 123 Å². The Labute approximate surface area is 873 Å². The smallest absolute Gasteiger partial charge is 0.312 e. The molecular formula is C107H155N15O26S. The van der Waals surface area contributed by atoms with Gasteiger partial charge in [-0.15, -0.1) is 0 Å². The SMILES string of the molecule is CC(C)[C@H](NC(=O)[C@@H](CCCCNC(=O)COC1CCCCC/C(NCCOCCOCCOCCOCCC(=O)NCCS(=O)(=O)O)=C\1N=N)NC(=O)CCOCCOCCOCCOCCNC(=O)CCC(=O)N1Cc2ccccc2C#Cc2ccccc21)C(=O)N[C@@H](CCCNC(N)=O)C(=O)N[C@@H](CO)C(=O)Nc1ccc2c(c1)[C@@]1(C)CCC[C@](C)(C(=O)NC(=O)[C@@]3(C)CCC[C@]4(C)c5cc(O)ccc5CC[C@@H]34)[C@@H]1CC2. The Morgan fingerprint density at radius 1 is 0.503 bits per heavy atom. The zero-order valence-electron chi connectivity index (χ0n) is 87.0. The topological polar surface area (TPSA) is 581 Å². The van der Waals surface area contributed by atoms with Crippen LogP contribution in [0.3, 0.4) is 0 Å². The molecule has 0 bridgehead atoms. The number of aliphatic hydroxyl groups is 1. The van der Waals surface area contributed by atoms with Crippen molar-refractivity contribution in [3.8, 4) is 17.6 Å². The number of aliphatic hydroxyl groups excluding tert-OH is 1. The number of imide groups is 1. The van der Waals surface area contributed by atoms with Crippen LogP contribution in [0.15, 0.2) is 101 Å².